The van der Waals surface area contributed by atoms with Crippen LogP contribution in [0, 0.1) is 11.8 Å². The molecule has 2 N–H and O–H groups in total. The minimum atomic E-state index is -0.236. The molecule has 2 amide bonds. The van der Waals surface area contributed by atoms with Crippen molar-refractivity contribution in [1.82, 2.24) is 15.6 Å². The molecule has 1 aliphatic heterocycles. The lowest BCUT2D eigenvalue weighted by atomic mass is 10.0. The number of aromatic nitrogens is 1. The van der Waals surface area contributed by atoms with Gasteiger partial charge in [-0.1, -0.05) is 13.0 Å². The van der Waals surface area contributed by atoms with Crippen LogP contribution in [-0.2, 0) is 9.53 Å². The molecular formula is C22H33N3O4. The fourth-order valence-electron chi connectivity index (χ4n) is 3.75. The monoisotopic (exact) mass is 403 g/mol. The Labute approximate surface area is 172 Å². The number of nitrogens with one attached hydrogen (secondary N) is 2. The van der Waals surface area contributed by atoms with Crippen LogP contribution in [0.15, 0.2) is 12.1 Å². The van der Waals surface area contributed by atoms with Gasteiger partial charge in [-0.2, -0.15) is 0 Å². The number of rotatable bonds is 9. The van der Waals surface area contributed by atoms with Crippen LogP contribution in [0.2, 0.25) is 0 Å². The summed E-state index contributed by atoms with van der Waals surface area (Å²) in [4.78, 5) is 28.9. The Bertz CT molecular complexity index is 714. The topological polar surface area (TPSA) is 89.6 Å². The van der Waals surface area contributed by atoms with Gasteiger partial charge in [0.2, 0.25) is 11.8 Å². The lowest BCUT2D eigenvalue weighted by Crippen LogP contribution is -2.37. The number of amides is 2. The van der Waals surface area contributed by atoms with E-state index in [1.807, 2.05) is 19.9 Å². The molecule has 1 aliphatic carbocycles. The number of nitrogens with zero attached hydrogens (tertiary/aromatic N) is 1. The first kappa shape index (κ1) is 21.6. The largest absolute Gasteiger partial charge is 0.477 e. The second-order valence-electron chi connectivity index (χ2n) is 8.36. The highest BCUT2D eigenvalue weighted by atomic mass is 16.5. The van der Waals surface area contributed by atoms with Crippen LogP contribution >= 0.6 is 0 Å². The van der Waals surface area contributed by atoms with Crippen LogP contribution in [0.1, 0.15) is 67.9 Å². The summed E-state index contributed by atoms with van der Waals surface area (Å²) in [5, 5.41) is 5.59. The zero-order chi connectivity index (χ0) is 20.8. The summed E-state index contributed by atoms with van der Waals surface area (Å²) in [7, 11) is 1.62. The fraction of sp³-hybridized carbons (Fsp3) is 0.682. The summed E-state index contributed by atoms with van der Waals surface area (Å²) in [6.07, 6.45) is 4.86. The predicted octanol–water partition coefficient (Wildman–Crippen LogP) is 2.65. The molecule has 2 aliphatic rings. The van der Waals surface area contributed by atoms with Gasteiger partial charge in [0.25, 0.3) is 5.91 Å². The Kier molecular flexibility index (Phi) is 7.47. The highest BCUT2D eigenvalue weighted by Crippen LogP contribution is 2.43. The summed E-state index contributed by atoms with van der Waals surface area (Å²) in [6.45, 7) is 5.93. The highest BCUT2D eigenvalue weighted by molar-refractivity contribution is 5.92. The van der Waals surface area contributed by atoms with Gasteiger partial charge in [0.15, 0.2) is 0 Å². The van der Waals surface area contributed by atoms with Crippen molar-refractivity contribution in [3.8, 4) is 5.88 Å². The molecule has 29 heavy (non-hydrogen) atoms. The van der Waals surface area contributed by atoms with E-state index >= 15 is 0 Å². The van der Waals surface area contributed by atoms with Crippen molar-refractivity contribution < 1.29 is 19.1 Å². The summed E-state index contributed by atoms with van der Waals surface area (Å²) in [5.74, 6) is 1.14. The molecule has 3 rings (SSSR count). The molecule has 160 valence electrons. The van der Waals surface area contributed by atoms with E-state index in [-0.39, 0.29) is 23.8 Å². The maximum Gasteiger partial charge on any atom is 0.270 e. The van der Waals surface area contributed by atoms with Gasteiger partial charge in [0.1, 0.15) is 5.69 Å². The van der Waals surface area contributed by atoms with Crippen LogP contribution in [0.3, 0.4) is 0 Å². The molecule has 7 heteroatoms. The second kappa shape index (κ2) is 10.1. The van der Waals surface area contributed by atoms with E-state index in [0.717, 1.165) is 44.5 Å². The van der Waals surface area contributed by atoms with Crippen LogP contribution in [0.25, 0.3) is 0 Å². The number of carbonyl (C=O) groups excluding carboxylic acids is 2. The zero-order valence-corrected chi connectivity index (χ0v) is 17.7. The van der Waals surface area contributed by atoms with Crippen molar-refractivity contribution in [2.24, 2.45) is 11.8 Å². The van der Waals surface area contributed by atoms with E-state index in [1.54, 1.807) is 13.1 Å². The van der Waals surface area contributed by atoms with E-state index in [0.29, 0.717) is 36.4 Å². The third-order valence-corrected chi connectivity index (χ3v) is 5.71. The molecule has 2 fully saturated rings. The van der Waals surface area contributed by atoms with Crippen LogP contribution in [0.5, 0.6) is 5.88 Å². The predicted molar refractivity (Wildman–Crippen MR) is 110 cm³/mol. The van der Waals surface area contributed by atoms with Gasteiger partial charge < -0.3 is 20.1 Å². The van der Waals surface area contributed by atoms with Crippen molar-refractivity contribution in [3.05, 3.63) is 23.4 Å². The first-order valence-electron chi connectivity index (χ1n) is 10.7. The Morgan fingerprint density at radius 3 is 2.59 bits per heavy atom. The molecule has 0 radical (unpaired) electrons. The van der Waals surface area contributed by atoms with Crippen molar-refractivity contribution in [1.29, 1.82) is 0 Å². The van der Waals surface area contributed by atoms with E-state index in [4.69, 9.17) is 9.47 Å². The van der Waals surface area contributed by atoms with Gasteiger partial charge >= 0.3 is 0 Å². The molecule has 0 spiro atoms. The average molecular weight is 404 g/mol. The lowest BCUT2D eigenvalue weighted by Gasteiger charge is -2.22. The van der Waals surface area contributed by atoms with E-state index < -0.39 is 0 Å². The number of hydrogen-bond acceptors (Lipinski definition) is 5. The third-order valence-electron chi connectivity index (χ3n) is 5.71. The normalized spacial score (nSPS) is 19.3. The van der Waals surface area contributed by atoms with Gasteiger partial charge in [-0.15, -0.1) is 0 Å². The van der Waals surface area contributed by atoms with Gasteiger partial charge in [-0.3, -0.25) is 9.59 Å². The molecule has 1 saturated heterocycles. The van der Waals surface area contributed by atoms with Gasteiger partial charge in [-0.25, -0.2) is 4.98 Å². The maximum atomic E-state index is 12.7. The van der Waals surface area contributed by atoms with Crippen molar-refractivity contribution in [3.63, 3.8) is 0 Å². The average Bonchev–Trinajstić information content (AvgIpc) is 3.57. The van der Waals surface area contributed by atoms with E-state index in [2.05, 4.69) is 15.6 Å². The summed E-state index contributed by atoms with van der Waals surface area (Å²) in [5.41, 5.74) is 1.46. The van der Waals surface area contributed by atoms with Crippen molar-refractivity contribution in [2.75, 3.05) is 26.9 Å². The first-order valence-corrected chi connectivity index (χ1v) is 10.7. The van der Waals surface area contributed by atoms with E-state index in [9.17, 15) is 9.59 Å². The molecule has 1 saturated carbocycles. The Balaban J connectivity index is 1.62. The van der Waals surface area contributed by atoms with Crippen LogP contribution < -0.4 is 15.4 Å². The van der Waals surface area contributed by atoms with Crippen LogP contribution in [0.4, 0.5) is 0 Å². The minimum absolute atomic E-state index is 0.0261. The number of pyridine rings is 1. The van der Waals surface area contributed by atoms with Gasteiger partial charge in [0.05, 0.1) is 6.61 Å². The van der Waals surface area contributed by atoms with Gasteiger partial charge in [-0.05, 0) is 56.9 Å². The molecule has 1 aromatic heterocycles. The molecule has 2 heterocycles. The SMILES string of the molecule is CNC(=O)C(C)CC(C)NC(=O)c1ccc(C2CC2)c(OCC2CCOCC2)n1. The molecular weight excluding hydrogens is 370 g/mol. The second-order valence-corrected chi connectivity index (χ2v) is 8.36. The Hall–Kier alpha value is -2.15. The fourth-order valence-corrected chi connectivity index (χ4v) is 3.75. The van der Waals surface area contributed by atoms with E-state index in [1.165, 1.54) is 0 Å². The summed E-state index contributed by atoms with van der Waals surface area (Å²) in [6, 6.07) is 3.63. The molecule has 7 nitrogen and oxygen atoms in total. The number of ether oxygens (including phenoxy) is 2. The molecule has 0 aromatic carbocycles. The Morgan fingerprint density at radius 1 is 1.21 bits per heavy atom. The van der Waals surface area contributed by atoms with Crippen molar-refractivity contribution in [2.45, 2.75) is 57.9 Å². The number of carbonyl (C=O) groups is 2. The third kappa shape index (κ3) is 6.16. The first-order chi connectivity index (χ1) is 14.0. The lowest BCUT2D eigenvalue weighted by molar-refractivity contribution is -0.124. The molecule has 0 bridgehead atoms. The zero-order valence-electron chi connectivity index (χ0n) is 17.7. The maximum absolute atomic E-state index is 12.7. The van der Waals surface area contributed by atoms with Crippen molar-refractivity contribution >= 4 is 11.8 Å². The standard InChI is InChI=1S/C22H33N3O4/c1-14(20(26)23-3)12-15(2)24-21(27)19-7-6-18(17-4-5-17)22(25-19)29-13-16-8-10-28-11-9-16/h6-7,14-17H,4-5,8-13H2,1-3H3,(H,23,26)(H,24,27). The Morgan fingerprint density at radius 2 is 1.93 bits per heavy atom. The summed E-state index contributed by atoms with van der Waals surface area (Å²) < 4.78 is 11.5. The summed E-state index contributed by atoms with van der Waals surface area (Å²) >= 11 is 0. The van der Waals surface area contributed by atoms with Crippen LogP contribution in [-0.4, -0.2) is 49.7 Å². The molecule has 1 aromatic rings. The quantitative estimate of drug-likeness (QED) is 0.662. The number of hydrogen-bond donors (Lipinski definition) is 2. The highest BCUT2D eigenvalue weighted by Gasteiger charge is 2.29. The molecule has 2 atom stereocenters. The molecule has 2 unspecified atom stereocenters. The minimum Gasteiger partial charge on any atom is -0.477 e. The van der Waals surface area contributed by atoms with Gasteiger partial charge in [0, 0.05) is 37.8 Å². The smallest absolute Gasteiger partial charge is 0.270 e.